The number of nitrogens with zero attached hydrogens (tertiary/aromatic N) is 2. The Morgan fingerprint density at radius 1 is 1.70 bits per heavy atom. The second kappa shape index (κ2) is 3.53. The molecule has 1 N–H and O–H groups in total. The molecule has 0 saturated carbocycles. The van der Waals surface area contributed by atoms with Crippen LogP contribution in [-0.2, 0) is 4.79 Å². The molecule has 57 valence electrons. The number of aliphatic carboxylic acids is 1. The minimum atomic E-state index is -0.767. The van der Waals surface area contributed by atoms with E-state index in [1.807, 2.05) is 4.90 Å². The van der Waals surface area contributed by atoms with E-state index in [0.29, 0.717) is 6.67 Å². The molecule has 1 heterocycles. The average molecular weight is 143 g/mol. The number of hydrogen-bond acceptors (Lipinski definition) is 2. The Hall–Kier alpha value is -0.610. The summed E-state index contributed by atoms with van der Waals surface area (Å²) in [5, 5.41) is 12.5. The summed E-state index contributed by atoms with van der Waals surface area (Å²) in [4.78, 5) is 12.0. The van der Waals surface area contributed by atoms with Crippen molar-refractivity contribution in [3.8, 4) is 0 Å². The molecule has 4 nitrogen and oxygen atoms in total. The van der Waals surface area contributed by atoms with Gasteiger partial charge in [-0.1, -0.05) is 0 Å². The first-order valence-electron chi connectivity index (χ1n) is 3.36. The summed E-state index contributed by atoms with van der Waals surface area (Å²) in [6, 6.07) is 0. The molecule has 0 amide bonds. The SMILES string of the molecule is O=C(O)CN1CCC[N]C1. The van der Waals surface area contributed by atoms with Crippen molar-refractivity contribution in [3.05, 3.63) is 0 Å². The Labute approximate surface area is 59.8 Å². The van der Waals surface area contributed by atoms with Gasteiger partial charge in [-0.3, -0.25) is 9.69 Å². The standard InChI is InChI=1S/C6H11N2O2/c9-6(10)4-8-3-1-2-7-5-8/h1-5H2,(H,9,10). The van der Waals surface area contributed by atoms with Crippen LogP contribution >= 0.6 is 0 Å². The van der Waals surface area contributed by atoms with Gasteiger partial charge in [-0.05, 0) is 6.42 Å². The molecule has 0 bridgehead atoms. The van der Waals surface area contributed by atoms with Crippen molar-refractivity contribution in [2.24, 2.45) is 0 Å². The summed E-state index contributed by atoms with van der Waals surface area (Å²) in [5.41, 5.74) is 0. The highest BCUT2D eigenvalue weighted by atomic mass is 16.4. The number of carbonyl (C=O) groups is 1. The lowest BCUT2D eigenvalue weighted by atomic mass is 10.3. The van der Waals surface area contributed by atoms with E-state index < -0.39 is 5.97 Å². The second-order valence-electron chi connectivity index (χ2n) is 2.39. The van der Waals surface area contributed by atoms with E-state index >= 15 is 0 Å². The summed E-state index contributed by atoms with van der Waals surface area (Å²) in [6.45, 7) is 2.47. The average Bonchev–Trinajstić information content (AvgIpc) is 1.88. The summed E-state index contributed by atoms with van der Waals surface area (Å²) in [7, 11) is 0. The first-order chi connectivity index (χ1) is 4.79. The third kappa shape index (κ3) is 2.33. The monoisotopic (exact) mass is 143 g/mol. The molecule has 1 aliphatic heterocycles. The van der Waals surface area contributed by atoms with Crippen molar-refractivity contribution in [3.63, 3.8) is 0 Å². The fraction of sp³-hybridized carbons (Fsp3) is 0.833. The topological polar surface area (TPSA) is 54.6 Å². The summed E-state index contributed by atoms with van der Waals surface area (Å²) in [5.74, 6) is -0.767. The zero-order valence-electron chi connectivity index (χ0n) is 5.79. The molecular formula is C6H11N2O2. The molecule has 10 heavy (non-hydrogen) atoms. The minimum Gasteiger partial charge on any atom is -0.480 e. The van der Waals surface area contributed by atoms with Gasteiger partial charge in [-0.15, -0.1) is 0 Å². The molecule has 1 aliphatic rings. The predicted octanol–water partition coefficient (Wildman–Crippen LogP) is -0.661. The Kier molecular flexibility index (Phi) is 2.65. The van der Waals surface area contributed by atoms with Crippen molar-refractivity contribution in [2.45, 2.75) is 6.42 Å². The van der Waals surface area contributed by atoms with E-state index in [4.69, 9.17) is 5.11 Å². The first kappa shape index (κ1) is 7.50. The Balaban J connectivity index is 2.19. The van der Waals surface area contributed by atoms with Crippen LogP contribution in [0.4, 0.5) is 0 Å². The van der Waals surface area contributed by atoms with Gasteiger partial charge in [0.15, 0.2) is 0 Å². The molecule has 1 fully saturated rings. The highest BCUT2D eigenvalue weighted by Gasteiger charge is 2.12. The Morgan fingerprint density at radius 3 is 3.00 bits per heavy atom. The van der Waals surface area contributed by atoms with E-state index in [0.717, 1.165) is 19.5 Å². The van der Waals surface area contributed by atoms with Crippen LogP contribution < -0.4 is 5.32 Å². The molecule has 1 radical (unpaired) electrons. The fourth-order valence-corrected chi connectivity index (χ4v) is 1.01. The van der Waals surface area contributed by atoms with Gasteiger partial charge in [0, 0.05) is 13.1 Å². The first-order valence-corrected chi connectivity index (χ1v) is 3.36. The highest BCUT2D eigenvalue weighted by molar-refractivity contribution is 5.69. The van der Waals surface area contributed by atoms with Crippen LogP contribution in [0.15, 0.2) is 0 Å². The zero-order chi connectivity index (χ0) is 7.40. The van der Waals surface area contributed by atoms with E-state index in [1.54, 1.807) is 0 Å². The third-order valence-electron chi connectivity index (χ3n) is 1.45. The number of hydrogen-bond donors (Lipinski definition) is 1. The van der Waals surface area contributed by atoms with Crippen molar-refractivity contribution in [2.75, 3.05) is 26.3 Å². The molecule has 0 aromatic carbocycles. The predicted molar refractivity (Wildman–Crippen MR) is 35.7 cm³/mol. The van der Waals surface area contributed by atoms with Gasteiger partial charge in [0.2, 0.25) is 0 Å². The quantitative estimate of drug-likeness (QED) is 0.558. The van der Waals surface area contributed by atoms with Gasteiger partial charge >= 0.3 is 5.97 Å². The second-order valence-corrected chi connectivity index (χ2v) is 2.39. The maximum atomic E-state index is 10.2. The maximum absolute atomic E-state index is 10.2. The minimum absolute atomic E-state index is 0.128. The van der Waals surface area contributed by atoms with E-state index in [-0.39, 0.29) is 6.54 Å². The van der Waals surface area contributed by atoms with Gasteiger partial charge in [0.1, 0.15) is 0 Å². The molecule has 4 heteroatoms. The normalized spacial score (nSPS) is 20.8. The number of carboxylic acid groups (broad SMARTS) is 1. The van der Waals surface area contributed by atoms with Gasteiger partial charge in [0.25, 0.3) is 0 Å². The van der Waals surface area contributed by atoms with Crippen LogP contribution in [0.3, 0.4) is 0 Å². The molecule has 0 aromatic rings. The van der Waals surface area contributed by atoms with E-state index in [1.165, 1.54) is 0 Å². The van der Waals surface area contributed by atoms with Gasteiger partial charge in [-0.2, -0.15) is 0 Å². The molecule has 1 rings (SSSR count). The molecule has 0 atom stereocenters. The summed E-state index contributed by atoms with van der Waals surface area (Å²) in [6.07, 6.45) is 0.993. The van der Waals surface area contributed by atoms with Crippen molar-refractivity contribution < 1.29 is 9.90 Å². The lowest BCUT2D eigenvalue weighted by Gasteiger charge is -2.23. The molecule has 0 aromatic heterocycles. The van der Waals surface area contributed by atoms with Crippen molar-refractivity contribution in [1.29, 1.82) is 0 Å². The molecular weight excluding hydrogens is 132 g/mol. The molecule has 1 saturated heterocycles. The van der Waals surface area contributed by atoms with E-state index in [9.17, 15) is 4.79 Å². The van der Waals surface area contributed by atoms with E-state index in [2.05, 4.69) is 5.32 Å². The van der Waals surface area contributed by atoms with Crippen LogP contribution in [-0.4, -0.2) is 42.3 Å². The Bertz CT molecular complexity index is 121. The molecule has 0 spiro atoms. The molecule has 0 unspecified atom stereocenters. The largest absolute Gasteiger partial charge is 0.480 e. The van der Waals surface area contributed by atoms with Crippen molar-refractivity contribution in [1.82, 2.24) is 10.2 Å². The summed E-state index contributed by atoms with van der Waals surface area (Å²) < 4.78 is 0. The zero-order valence-corrected chi connectivity index (χ0v) is 5.79. The smallest absolute Gasteiger partial charge is 0.317 e. The molecule has 0 aliphatic carbocycles. The van der Waals surface area contributed by atoms with Gasteiger partial charge in [-0.25, -0.2) is 5.32 Å². The lowest BCUT2D eigenvalue weighted by molar-refractivity contribution is -0.138. The van der Waals surface area contributed by atoms with Crippen LogP contribution in [0, 0.1) is 0 Å². The number of carboxylic acids is 1. The van der Waals surface area contributed by atoms with Gasteiger partial charge < -0.3 is 5.11 Å². The van der Waals surface area contributed by atoms with Crippen LogP contribution in [0.1, 0.15) is 6.42 Å². The fourth-order valence-electron chi connectivity index (χ4n) is 1.01. The van der Waals surface area contributed by atoms with Gasteiger partial charge in [0.05, 0.1) is 13.2 Å². The van der Waals surface area contributed by atoms with Crippen molar-refractivity contribution >= 4 is 5.97 Å². The van der Waals surface area contributed by atoms with Crippen LogP contribution in [0.5, 0.6) is 0 Å². The van der Waals surface area contributed by atoms with Crippen LogP contribution in [0.2, 0.25) is 0 Å². The maximum Gasteiger partial charge on any atom is 0.317 e. The number of rotatable bonds is 2. The highest BCUT2D eigenvalue weighted by Crippen LogP contribution is 1.95. The van der Waals surface area contributed by atoms with Crippen LogP contribution in [0.25, 0.3) is 0 Å². The third-order valence-corrected chi connectivity index (χ3v) is 1.45. The summed E-state index contributed by atoms with van der Waals surface area (Å²) >= 11 is 0. The lowest BCUT2D eigenvalue weighted by Crippen LogP contribution is -2.40. The Morgan fingerprint density at radius 2 is 2.50 bits per heavy atom.